The second kappa shape index (κ2) is 7.11. The smallest absolute Gasteiger partial charge is 0.240 e. The van der Waals surface area contributed by atoms with Gasteiger partial charge in [0.05, 0.1) is 12.0 Å². The van der Waals surface area contributed by atoms with Crippen LogP contribution in [-0.4, -0.2) is 27.2 Å². The Balaban J connectivity index is 2.24. The molecule has 0 heterocycles. The van der Waals surface area contributed by atoms with Crippen LogP contribution in [0.15, 0.2) is 41.3 Å². The number of hydrogen-bond acceptors (Lipinski definition) is 4. The molecule has 2 aromatic carbocycles. The molecule has 2 N–H and O–H groups in total. The van der Waals surface area contributed by atoms with E-state index in [4.69, 9.17) is 4.74 Å². The molecule has 2 rings (SSSR count). The summed E-state index contributed by atoms with van der Waals surface area (Å²) in [5.74, 6) is 0.180. The van der Waals surface area contributed by atoms with Gasteiger partial charge in [0.1, 0.15) is 17.2 Å². The van der Waals surface area contributed by atoms with Crippen LogP contribution in [0, 0.1) is 19.7 Å². The van der Waals surface area contributed by atoms with E-state index in [2.05, 4.69) is 4.72 Å². The fourth-order valence-electron chi connectivity index (χ4n) is 2.50. The minimum atomic E-state index is -3.83. The standard InChI is InChI=1S/C18H22FNO4S/c1-12-10-17(13(2)9-16(12)24-4)25(22,23)20-11-18(3,21)14-5-7-15(19)8-6-14/h5-10,20-21H,11H2,1-4H3. The predicted molar refractivity (Wildman–Crippen MR) is 93.6 cm³/mol. The van der Waals surface area contributed by atoms with Crippen molar-refractivity contribution >= 4 is 10.0 Å². The summed E-state index contributed by atoms with van der Waals surface area (Å²) in [5, 5.41) is 10.5. The summed E-state index contributed by atoms with van der Waals surface area (Å²) in [6.07, 6.45) is 0. The Kier molecular flexibility index (Phi) is 5.51. The van der Waals surface area contributed by atoms with Crippen LogP contribution in [0.4, 0.5) is 4.39 Å². The van der Waals surface area contributed by atoms with Crippen molar-refractivity contribution in [1.82, 2.24) is 4.72 Å². The number of aryl methyl sites for hydroxylation is 2. The maximum Gasteiger partial charge on any atom is 0.240 e. The number of aliphatic hydroxyl groups is 1. The molecule has 136 valence electrons. The van der Waals surface area contributed by atoms with Crippen LogP contribution in [-0.2, 0) is 15.6 Å². The number of ether oxygens (including phenoxy) is 1. The van der Waals surface area contributed by atoms with Gasteiger partial charge in [0.2, 0.25) is 10.0 Å². The molecule has 0 spiro atoms. The molecule has 0 aromatic heterocycles. The number of rotatable bonds is 6. The van der Waals surface area contributed by atoms with Crippen molar-refractivity contribution in [3.05, 3.63) is 58.9 Å². The highest BCUT2D eigenvalue weighted by Gasteiger charge is 2.27. The Morgan fingerprint density at radius 2 is 1.76 bits per heavy atom. The fourth-order valence-corrected chi connectivity index (χ4v) is 3.94. The molecule has 0 aliphatic carbocycles. The summed E-state index contributed by atoms with van der Waals surface area (Å²) in [6, 6.07) is 8.47. The van der Waals surface area contributed by atoms with E-state index >= 15 is 0 Å². The van der Waals surface area contributed by atoms with Gasteiger partial charge in [-0.05, 0) is 61.7 Å². The van der Waals surface area contributed by atoms with Crippen LogP contribution in [0.5, 0.6) is 5.75 Å². The zero-order valence-corrected chi connectivity index (χ0v) is 15.4. The number of sulfonamides is 1. The predicted octanol–water partition coefficient (Wildman–Crippen LogP) is 2.64. The van der Waals surface area contributed by atoms with E-state index in [1.165, 1.54) is 44.4 Å². The molecular formula is C18H22FNO4S. The SMILES string of the molecule is COc1cc(C)c(S(=O)(=O)NCC(C)(O)c2ccc(F)cc2)cc1C. The maximum absolute atomic E-state index is 13.0. The van der Waals surface area contributed by atoms with E-state index < -0.39 is 21.4 Å². The van der Waals surface area contributed by atoms with Crippen molar-refractivity contribution in [3.8, 4) is 5.75 Å². The first-order valence-corrected chi connectivity index (χ1v) is 9.18. The first-order valence-electron chi connectivity index (χ1n) is 7.70. The first kappa shape index (κ1) is 19.4. The minimum absolute atomic E-state index is 0.126. The lowest BCUT2D eigenvalue weighted by molar-refractivity contribution is 0.0627. The summed E-state index contributed by atoms with van der Waals surface area (Å²) in [7, 11) is -2.31. The van der Waals surface area contributed by atoms with Crippen molar-refractivity contribution in [3.63, 3.8) is 0 Å². The zero-order valence-electron chi connectivity index (χ0n) is 14.6. The number of benzene rings is 2. The molecule has 0 fully saturated rings. The van der Waals surface area contributed by atoms with E-state index in [1.807, 2.05) is 0 Å². The number of nitrogens with one attached hydrogen (secondary N) is 1. The Labute approximate surface area is 147 Å². The van der Waals surface area contributed by atoms with Gasteiger partial charge < -0.3 is 9.84 Å². The Morgan fingerprint density at radius 3 is 2.32 bits per heavy atom. The fraction of sp³-hybridized carbons (Fsp3) is 0.333. The first-order chi connectivity index (χ1) is 11.6. The summed E-state index contributed by atoms with van der Waals surface area (Å²) < 4.78 is 45.9. The topological polar surface area (TPSA) is 75.6 Å². The Hall–Kier alpha value is -1.96. The highest BCUT2D eigenvalue weighted by atomic mass is 32.2. The summed E-state index contributed by atoms with van der Waals surface area (Å²) >= 11 is 0. The van der Waals surface area contributed by atoms with Crippen molar-refractivity contribution < 1.29 is 22.7 Å². The van der Waals surface area contributed by atoms with Crippen LogP contribution in [0.3, 0.4) is 0 Å². The van der Waals surface area contributed by atoms with Crippen LogP contribution in [0.1, 0.15) is 23.6 Å². The molecule has 1 unspecified atom stereocenters. The molecule has 0 aliphatic heterocycles. The second-order valence-corrected chi connectivity index (χ2v) is 7.93. The lowest BCUT2D eigenvalue weighted by atomic mass is 9.96. The molecule has 2 aromatic rings. The van der Waals surface area contributed by atoms with Gasteiger partial charge in [-0.2, -0.15) is 0 Å². The van der Waals surface area contributed by atoms with Crippen molar-refractivity contribution in [1.29, 1.82) is 0 Å². The summed E-state index contributed by atoms with van der Waals surface area (Å²) in [5.41, 5.74) is 0.172. The number of methoxy groups -OCH3 is 1. The third kappa shape index (κ3) is 4.36. The van der Waals surface area contributed by atoms with Crippen LogP contribution >= 0.6 is 0 Å². The Morgan fingerprint density at radius 1 is 1.16 bits per heavy atom. The van der Waals surface area contributed by atoms with E-state index in [9.17, 15) is 17.9 Å². The lowest BCUT2D eigenvalue weighted by Crippen LogP contribution is -2.38. The van der Waals surface area contributed by atoms with E-state index in [-0.39, 0.29) is 11.4 Å². The highest BCUT2D eigenvalue weighted by Crippen LogP contribution is 2.26. The Bertz CT molecular complexity index is 861. The minimum Gasteiger partial charge on any atom is -0.496 e. The highest BCUT2D eigenvalue weighted by molar-refractivity contribution is 7.89. The third-order valence-corrected chi connectivity index (χ3v) is 5.60. The maximum atomic E-state index is 13.0. The number of halogens is 1. The second-order valence-electron chi connectivity index (χ2n) is 6.19. The quantitative estimate of drug-likeness (QED) is 0.823. The molecule has 0 saturated carbocycles. The molecule has 0 radical (unpaired) electrons. The van der Waals surface area contributed by atoms with Gasteiger partial charge >= 0.3 is 0 Å². The van der Waals surface area contributed by atoms with Gasteiger partial charge in [0, 0.05) is 6.54 Å². The van der Waals surface area contributed by atoms with Crippen molar-refractivity contribution in [2.45, 2.75) is 31.3 Å². The van der Waals surface area contributed by atoms with Gasteiger partial charge in [-0.15, -0.1) is 0 Å². The van der Waals surface area contributed by atoms with Crippen LogP contribution in [0.2, 0.25) is 0 Å². The largest absolute Gasteiger partial charge is 0.496 e. The van der Waals surface area contributed by atoms with Crippen LogP contribution in [0.25, 0.3) is 0 Å². The molecule has 7 heteroatoms. The molecule has 0 amide bonds. The van der Waals surface area contributed by atoms with Gasteiger partial charge in [-0.3, -0.25) is 0 Å². The summed E-state index contributed by atoms with van der Waals surface area (Å²) in [4.78, 5) is 0.126. The van der Waals surface area contributed by atoms with Crippen molar-refractivity contribution in [2.75, 3.05) is 13.7 Å². The van der Waals surface area contributed by atoms with E-state index in [0.29, 0.717) is 22.4 Å². The summed E-state index contributed by atoms with van der Waals surface area (Å²) in [6.45, 7) is 4.65. The van der Waals surface area contributed by atoms with E-state index in [0.717, 1.165) is 0 Å². The average molecular weight is 367 g/mol. The molecule has 1 atom stereocenters. The molecule has 0 saturated heterocycles. The zero-order chi connectivity index (χ0) is 18.8. The molecule has 5 nitrogen and oxygen atoms in total. The third-order valence-electron chi connectivity index (χ3n) is 4.05. The van der Waals surface area contributed by atoms with E-state index in [1.54, 1.807) is 19.9 Å². The lowest BCUT2D eigenvalue weighted by Gasteiger charge is -2.24. The number of hydrogen-bond donors (Lipinski definition) is 2. The van der Waals surface area contributed by atoms with Gasteiger partial charge in [0.25, 0.3) is 0 Å². The van der Waals surface area contributed by atoms with Crippen LogP contribution < -0.4 is 9.46 Å². The van der Waals surface area contributed by atoms with Gasteiger partial charge in [-0.1, -0.05) is 12.1 Å². The molecule has 25 heavy (non-hydrogen) atoms. The monoisotopic (exact) mass is 367 g/mol. The average Bonchev–Trinajstić information content (AvgIpc) is 2.55. The molecular weight excluding hydrogens is 345 g/mol. The normalized spacial score (nSPS) is 14.2. The molecule has 0 bridgehead atoms. The van der Waals surface area contributed by atoms with Gasteiger partial charge in [0.15, 0.2) is 0 Å². The van der Waals surface area contributed by atoms with Crippen molar-refractivity contribution in [2.24, 2.45) is 0 Å². The van der Waals surface area contributed by atoms with Gasteiger partial charge in [-0.25, -0.2) is 17.5 Å². The molecule has 0 aliphatic rings.